The number of amides is 1. The first-order valence-electron chi connectivity index (χ1n) is 5.31. The van der Waals surface area contributed by atoms with Crippen molar-refractivity contribution < 1.29 is 4.79 Å². The van der Waals surface area contributed by atoms with Crippen molar-refractivity contribution in [2.45, 2.75) is 37.9 Å². The Kier molecular flexibility index (Phi) is 4.89. The van der Waals surface area contributed by atoms with E-state index in [9.17, 15) is 4.79 Å². The lowest BCUT2D eigenvalue weighted by Gasteiger charge is -2.28. The summed E-state index contributed by atoms with van der Waals surface area (Å²) in [6.45, 7) is 6.05. The fourth-order valence-corrected chi connectivity index (χ4v) is 1.63. The van der Waals surface area contributed by atoms with Crippen molar-refractivity contribution in [1.82, 2.24) is 10.4 Å². The molecule has 0 spiro atoms. The third kappa shape index (κ3) is 3.58. The van der Waals surface area contributed by atoms with Crippen molar-refractivity contribution in [2.24, 2.45) is 5.92 Å². The van der Waals surface area contributed by atoms with Crippen LogP contribution >= 0.6 is 15.9 Å². The molecule has 0 aromatic carbocycles. The number of hydrogen-bond acceptors (Lipinski definition) is 2. The molecule has 82 valence electrons. The molecule has 0 aliphatic carbocycles. The predicted octanol–water partition coefficient (Wildman–Crippen LogP) is 1.92. The SMILES string of the molecule is CC(C)C(Br)C(=O)NN1CCCCC1. The number of nitrogens with zero attached hydrogens (tertiary/aromatic N) is 1. The molecular formula is C10H19BrN2O. The summed E-state index contributed by atoms with van der Waals surface area (Å²) in [6.07, 6.45) is 3.66. The molecule has 4 heteroatoms. The largest absolute Gasteiger partial charge is 0.288 e. The van der Waals surface area contributed by atoms with Crippen LogP contribution in [0.25, 0.3) is 0 Å². The molecular weight excluding hydrogens is 244 g/mol. The zero-order valence-corrected chi connectivity index (χ0v) is 10.5. The molecule has 1 fully saturated rings. The summed E-state index contributed by atoms with van der Waals surface area (Å²) < 4.78 is 0. The van der Waals surface area contributed by atoms with Gasteiger partial charge in [0.15, 0.2) is 0 Å². The van der Waals surface area contributed by atoms with E-state index in [1.807, 2.05) is 18.9 Å². The van der Waals surface area contributed by atoms with E-state index in [1.165, 1.54) is 19.3 Å². The van der Waals surface area contributed by atoms with E-state index in [0.29, 0.717) is 5.92 Å². The van der Waals surface area contributed by atoms with Crippen LogP contribution in [0, 0.1) is 5.92 Å². The van der Waals surface area contributed by atoms with Crippen LogP contribution in [0.5, 0.6) is 0 Å². The van der Waals surface area contributed by atoms with E-state index in [4.69, 9.17) is 0 Å². The molecule has 0 aromatic heterocycles. The average molecular weight is 263 g/mol. The number of alkyl halides is 1. The van der Waals surface area contributed by atoms with Gasteiger partial charge in [0.25, 0.3) is 0 Å². The van der Waals surface area contributed by atoms with E-state index in [-0.39, 0.29) is 10.7 Å². The first kappa shape index (κ1) is 12.0. The van der Waals surface area contributed by atoms with Crippen molar-refractivity contribution in [3.05, 3.63) is 0 Å². The molecule has 1 rings (SSSR count). The van der Waals surface area contributed by atoms with Crippen molar-refractivity contribution in [3.8, 4) is 0 Å². The molecule has 1 N–H and O–H groups in total. The fourth-order valence-electron chi connectivity index (χ4n) is 1.53. The Morgan fingerprint density at radius 1 is 1.29 bits per heavy atom. The van der Waals surface area contributed by atoms with Crippen molar-refractivity contribution in [1.29, 1.82) is 0 Å². The summed E-state index contributed by atoms with van der Waals surface area (Å²) in [6, 6.07) is 0. The second-order valence-electron chi connectivity index (χ2n) is 4.17. The number of carbonyl (C=O) groups is 1. The topological polar surface area (TPSA) is 32.3 Å². The highest BCUT2D eigenvalue weighted by molar-refractivity contribution is 9.10. The van der Waals surface area contributed by atoms with Gasteiger partial charge in [-0.1, -0.05) is 36.2 Å². The van der Waals surface area contributed by atoms with Crippen LogP contribution in [-0.2, 0) is 4.79 Å². The molecule has 1 unspecified atom stereocenters. The Bertz CT molecular complexity index is 191. The maximum absolute atomic E-state index is 11.7. The maximum Gasteiger partial charge on any atom is 0.248 e. The third-order valence-electron chi connectivity index (χ3n) is 2.46. The highest BCUT2D eigenvalue weighted by atomic mass is 79.9. The van der Waals surface area contributed by atoms with Gasteiger partial charge in [0.2, 0.25) is 5.91 Å². The zero-order valence-electron chi connectivity index (χ0n) is 8.92. The second-order valence-corrected chi connectivity index (χ2v) is 5.16. The van der Waals surface area contributed by atoms with Gasteiger partial charge in [-0.25, -0.2) is 5.01 Å². The smallest absolute Gasteiger partial charge is 0.248 e. The number of rotatable bonds is 3. The summed E-state index contributed by atoms with van der Waals surface area (Å²) in [4.78, 5) is 11.6. The standard InChI is InChI=1S/C10H19BrN2O/c1-8(2)9(11)10(14)12-13-6-4-3-5-7-13/h8-9H,3-7H2,1-2H3,(H,12,14). The van der Waals surface area contributed by atoms with Crippen molar-refractivity contribution in [2.75, 3.05) is 13.1 Å². The minimum atomic E-state index is -0.0792. The van der Waals surface area contributed by atoms with Gasteiger partial charge in [-0.05, 0) is 18.8 Å². The first-order chi connectivity index (χ1) is 6.61. The van der Waals surface area contributed by atoms with Crippen LogP contribution in [0.1, 0.15) is 33.1 Å². The second kappa shape index (κ2) is 5.71. The highest BCUT2D eigenvalue weighted by Crippen LogP contribution is 2.13. The van der Waals surface area contributed by atoms with Gasteiger partial charge >= 0.3 is 0 Å². The molecule has 3 nitrogen and oxygen atoms in total. The van der Waals surface area contributed by atoms with E-state index >= 15 is 0 Å². The Balaban J connectivity index is 2.31. The first-order valence-corrected chi connectivity index (χ1v) is 6.22. The molecule has 0 bridgehead atoms. The number of carbonyl (C=O) groups excluding carboxylic acids is 1. The molecule has 1 saturated heterocycles. The van der Waals surface area contributed by atoms with Gasteiger partial charge in [0, 0.05) is 13.1 Å². The Hall–Kier alpha value is -0.0900. The summed E-state index contributed by atoms with van der Waals surface area (Å²) >= 11 is 3.40. The van der Waals surface area contributed by atoms with Gasteiger partial charge in [0.1, 0.15) is 0 Å². The van der Waals surface area contributed by atoms with E-state index in [2.05, 4.69) is 21.4 Å². The monoisotopic (exact) mass is 262 g/mol. The Morgan fingerprint density at radius 2 is 1.86 bits per heavy atom. The Labute approximate surface area is 94.3 Å². The van der Waals surface area contributed by atoms with E-state index in [0.717, 1.165) is 13.1 Å². The lowest BCUT2D eigenvalue weighted by molar-refractivity contribution is -0.126. The normalized spacial score (nSPS) is 20.9. The third-order valence-corrected chi connectivity index (χ3v) is 3.93. The van der Waals surface area contributed by atoms with Gasteiger partial charge in [0.05, 0.1) is 4.83 Å². The summed E-state index contributed by atoms with van der Waals surface area (Å²) in [7, 11) is 0. The number of hydrazine groups is 1. The Morgan fingerprint density at radius 3 is 2.36 bits per heavy atom. The van der Waals surface area contributed by atoms with Crippen LogP contribution in [0.3, 0.4) is 0 Å². The molecule has 0 saturated carbocycles. The average Bonchev–Trinajstić information content (AvgIpc) is 2.18. The highest BCUT2D eigenvalue weighted by Gasteiger charge is 2.21. The lowest BCUT2D eigenvalue weighted by Crippen LogP contribution is -2.48. The fraction of sp³-hybridized carbons (Fsp3) is 0.900. The van der Waals surface area contributed by atoms with Gasteiger partial charge < -0.3 is 0 Å². The van der Waals surface area contributed by atoms with Gasteiger partial charge in [-0.2, -0.15) is 0 Å². The zero-order chi connectivity index (χ0) is 10.6. The van der Waals surface area contributed by atoms with E-state index < -0.39 is 0 Å². The number of piperidine rings is 1. The summed E-state index contributed by atoms with van der Waals surface area (Å²) in [5, 5.41) is 2.03. The van der Waals surface area contributed by atoms with Crippen LogP contribution in [0.15, 0.2) is 0 Å². The predicted molar refractivity (Wildman–Crippen MR) is 61.1 cm³/mol. The minimum Gasteiger partial charge on any atom is -0.288 e. The molecule has 1 heterocycles. The van der Waals surface area contributed by atoms with Gasteiger partial charge in [-0.15, -0.1) is 0 Å². The lowest BCUT2D eigenvalue weighted by atomic mass is 10.1. The van der Waals surface area contributed by atoms with E-state index in [1.54, 1.807) is 0 Å². The molecule has 14 heavy (non-hydrogen) atoms. The van der Waals surface area contributed by atoms with Gasteiger partial charge in [-0.3, -0.25) is 10.2 Å². The molecule has 1 aliphatic heterocycles. The maximum atomic E-state index is 11.7. The number of hydrogen-bond donors (Lipinski definition) is 1. The number of nitrogens with one attached hydrogen (secondary N) is 1. The quantitative estimate of drug-likeness (QED) is 0.789. The molecule has 1 aliphatic rings. The van der Waals surface area contributed by atoms with Crippen LogP contribution in [-0.4, -0.2) is 28.8 Å². The molecule has 1 atom stereocenters. The summed E-state index contributed by atoms with van der Waals surface area (Å²) in [5.41, 5.74) is 2.95. The molecule has 1 amide bonds. The van der Waals surface area contributed by atoms with Crippen LogP contribution in [0.4, 0.5) is 0 Å². The minimum absolute atomic E-state index is 0.0792. The summed E-state index contributed by atoms with van der Waals surface area (Å²) in [5.74, 6) is 0.418. The van der Waals surface area contributed by atoms with Crippen LogP contribution < -0.4 is 5.43 Å². The molecule has 0 radical (unpaired) electrons. The number of halogens is 1. The van der Waals surface area contributed by atoms with Crippen LogP contribution in [0.2, 0.25) is 0 Å². The van der Waals surface area contributed by atoms with Crippen molar-refractivity contribution in [3.63, 3.8) is 0 Å². The molecule has 0 aromatic rings. The van der Waals surface area contributed by atoms with Crippen molar-refractivity contribution >= 4 is 21.8 Å².